The zero-order valence-electron chi connectivity index (χ0n) is 10.6. The number of pyridine rings is 2. The number of aromatic nitrogens is 2. The highest BCUT2D eigenvalue weighted by Crippen LogP contribution is 2.20. The third-order valence-corrected chi connectivity index (χ3v) is 2.88. The molecule has 0 saturated carbocycles. The largest absolute Gasteiger partial charge is 0.372 e. The summed E-state index contributed by atoms with van der Waals surface area (Å²) >= 11 is 5.99. The van der Waals surface area contributed by atoms with Crippen LogP contribution in [0.4, 0.5) is 11.5 Å². The maximum atomic E-state index is 12.1. The fourth-order valence-corrected chi connectivity index (χ4v) is 1.82. The maximum absolute atomic E-state index is 12.1. The first-order valence-electron chi connectivity index (χ1n) is 5.68. The molecular weight excluding hydrogens is 264 g/mol. The van der Waals surface area contributed by atoms with E-state index in [-0.39, 0.29) is 5.91 Å². The molecular formula is C13H13ClN4O. The number of hydrogen-bond acceptors (Lipinski definition) is 4. The number of amides is 1. The molecule has 0 aliphatic heterocycles. The van der Waals surface area contributed by atoms with Gasteiger partial charge in [-0.1, -0.05) is 11.6 Å². The number of carbonyl (C=O) groups is 1. The first-order valence-corrected chi connectivity index (χ1v) is 6.06. The van der Waals surface area contributed by atoms with Crippen molar-refractivity contribution in [3.63, 3.8) is 0 Å². The topological polar surface area (TPSA) is 66.9 Å². The number of nitrogens with one attached hydrogen (secondary N) is 2. The van der Waals surface area contributed by atoms with E-state index in [1.165, 1.54) is 6.20 Å². The SMILES string of the molecule is CNc1ncc(C(=O)Nc2cccnc2C)cc1Cl. The second kappa shape index (κ2) is 5.67. The molecule has 2 aromatic rings. The quantitative estimate of drug-likeness (QED) is 0.905. The molecule has 2 N–H and O–H groups in total. The van der Waals surface area contributed by atoms with Crippen molar-refractivity contribution in [1.82, 2.24) is 9.97 Å². The van der Waals surface area contributed by atoms with Crippen LogP contribution < -0.4 is 10.6 Å². The van der Waals surface area contributed by atoms with Gasteiger partial charge in [-0.25, -0.2) is 4.98 Å². The molecule has 5 nitrogen and oxygen atoms in total. The predicted molar refractivity (Wildman–Crippen MR) is 75.7 cm³/mol. The minimum atomic E-state index is -0.270. The van der Waals surface area contributed by atoms with Gasteiger partial charge in [0.15, 0.2) is 0 Å². The Hall–Kier alpha value is -2.14. The zero-order valence-corrected chi connectivity index (χ0v) is 11.3. The van der Waals surface area contributed by atoms with Crippen molar-refractivity contribution in [2.45, 2.75) is 6.92 Å². The number of anilines is 2. The van der Waals surface area contributed by atoms with Gasteiger partial charge in [-0.2, -0.15) is 0 Å². The van der Waals surface area contributed by atoms with Crippen molar-refractivity contribution in [1.29, 1.82) is 0 Å². The van der Waals surface area contributed by atoms with E-state index in [4.69, 9.17) is 11.6 Å². The number of aryl methyl sites for hydroxylation is 1. The van der Waals surface area contributed by atoms with Gasteiger partial charge < -0.3 is 10.6 Å². The van der Waals surface area contributed by atoms with Crippen LogP contribution in [0.1, 0.15) is 16.1 Å². The summed E-state index contributed by atoms with van der Waals surface area (Å²) in [5, 5.41) is 6.01. The molecule has 0 saturated heterocycles. The van der Waals surface area contributed by atoms with Crippen LogP contribution in [0.15, 0.2) is 30.6 Å². The molecule has 0 radical (unpaired) electrons. The Labute approximate surface area is 116 Å². The van der Waals surface area contributed by atoms with E-state index in [1.807, 2.05) is 6.92 Å². The summed E-state index contributed by atoms with van der Waals surface area (Å²) in [5.41, 5.74) is 1.82. The summed E-state index contributed by atoms with van der Waals surface area (Å²) in [6.07, 6.45) is 3.14. The van der Waals surface area contributed by atoms with Gasteiger partial charge in [0, 0.05) is 19.4 Å². The summed E-state index contributed by atoms with van der Waals surface area (Å²) < 4.78 is 0. The number of rotatable bonds is 3. The molecule has 0 aromatic carbocycles. The van der Waals surface area contributed by atoms with Gasteiger partial charge in [0.05, 0.1) is 22.0 Å². The third-order valence-electron chi connectivity index (χ3n) is 2.60. The number of nitrogens with zero attached hydrogens (tertiary/aromatic N) is 2. The van der Waals surface area contributed by atoms with Crippen molar-refractivity contribution >= 4 is 29.0 Å². The molecule has 19 heavy (non-hydrogen) atoms. The van der Waals surface area contributed by atoms with Crippen molar-refractivity contribution in [2.24, 2.45) is 0 Å². The molecule has 2 rings (SSSR count). The predicted octanol–water partition coefficient (Wildman–Crippen LogP) is 2.73. The van der Waals surface area contributed by atoms with E-state index in [2.05, 4.69) is 20.6 Å². The van der Waals surface area contributed by atoms with Crippen molar-refractivity contribution in [3.8, 4) is 0 Å². The van der Waals surface area contributed by atoms with Crippen LogP contribution in [0.5, 0.6) is 0 Å². The van der Waals surface area contributed by atoms with Gasteiger partial charge in [0.1, 0.15) is 5.82 Å². The summed E-state index contributed by atoms with van der Waals surface area (Å²) in [4.78, 5) is 20.2. The van der Waals surface area contributed by atoms with Gasteiger partial charge in [0.2, 0.25) is 0 Å². The molecule has 2 heterocycles. The summed E-state index contributed by atoms with van der Waals surface area (Å²) in [7, 11) is 1.72. The molecule has 2 aromatic heterocycles. The highest BCUT2D eigenvalue weighted by molar-refractivity contribution is 6.33. The number of carbonyl (C=O) groups excluding carboxylic acids is 1. The first kappa shape index (κ1) is 13.3. The molecule has 0 atom stereocenters. The average molecular weight is 277 g/mol. The van der Waals surface area contributed by atoms with Gasteiger partial charge in [-0.15, -0.1) is 0 Å². The lowest BCUT2D eigenvalue weighted by atomic mass is 10.2. The van der Waals surface area contributed by atoms with E-state index >= 15 is 0 Å². The molecule has 0 fully saturated rings. The number of hydrogen-bond donors (Lipinski definition) is 2. The van der Waals surface area contributed by atoms with E-state index in [1.54, 1.807) is 31.4 Å². The maximum Gasteiger partial charge on any atom is 0.257 e. The lowest BCUT2D eigenvalue weighted by Gasteiger charge is -2.08. The molecule has 0 unspecified atom stereocenters. The Bertz CT molecular complexity index is 615. The van der Waals surface area contributed by atoms with E-state index in [0.717, 1.165) is 5.69 Å². The minimum Gasteiger partial charge on any atom is -0.372 e. The molecule has 98 valence electrons. The van der Waals surface area contributed by atoms with Crippen LogP contribution in [-0.2, 0) is 0 Å². The van der Waals surface area contributed by atoms with Crippen LogP contribution in [0.25, 0.3) is 0 Å². The van der Waals surface area contributed by atoms with Crippen LogP contribution in [0.3, 0.4) is 0 Å². The van der Waals surface area contributed by atoms with Crippen molar-refractivity contribution < 1.29 is 4.79 Å². The van der Waals surface area contributed by atoms with Gasteiger partial charge in [-0.3, -0.25) is 9.78 Å². The van der Waals surface area contributed by atoms with E-state index < -0.39 is 0 Å². The van der Waals surface area contributed by atoms with Crippen LogP contribution in [-0.4, -0.2) is 22.9 Å². The Morgan fingerprint density at radius 1 is 1.37 bits per heavy atom. The second-order valence-electron chi connectivity index (χ2n) is 3.89. The highest BCUT2D eigenvalue weighted by atomic mass is 35.5. The fourth-order valence-electron chi connectivity index (χ4n) is 1.56. The standard InChI is InChI=1S/C13H13ClN4O/c1-8-11(4-3-5-16-8)18-13(19)9-6-10(14)12(15-2)17-7-9/h3-7H,1-2H3,(H,15,17)(H,18,19). The third kappa shape index (κ3) is 3.00. The lowest BCUT2D eigenvalue weighted by Crippen LogP contribution is -2.13. The average Bonchev–Trinajstić information content (AvgIpc) is 2.41. The Morgan fingerprint density at radius 3 is 2.79 bits per heavy atom. The van der Waals surface area contributed by atoms with Gasteiger partial charge in [0.25, 0.3) is 5.91 Å². The zero-order chi connectivity index (χ0) is 13.8. The monoisotopic (exact) mass is 276 g/mol. The number of halogens is 1. The summed E-state index contributed by atoms with van der Waals surface area (Å²) in [6.45, 7) is 1.82. The Morgan fingerprint density at radius 2 is 2.16 bits per heavy atom. The van der Waals surface area contributed by atoms with E-state index in [9.17, 15) is 4.79 Å². The minimum absolute atomic E-state index is 0.270. The van der Waals surface area contributed by atoms with Crippen molar-refractivity contribution in [2.75, 3.05) is 17.7 Å². The molecule has 0 aliphatic carbocycles. The Kier molecular flexibility index (Phi) is 3.97. The van der Waals surface area contributed by atoms with E-state index in [0.29, 0.717) is 22.1 Å². The van der Waals surface area contributed by atoms with Crippen LogP contribution >= 0.6 is 11.6 Å². The Balaban J connectivity index is 2.21. The molecule has 0 bridgehead atoms. The second-order valence-corrected chi connectivity index (χ2v) is 4.30. The molecule has 1 amide bonds. The first-order chi connectivity index (χ1) is 9.11. The lowest BCUT2D eigenvalue weighted by molar-refractivity contribution is 0.102. The summed E-state index contributed by atoms with van der Waals surface area (Å²) in [6, 6.07) is 5.12. The molecule has 0 aliphatic rings. The fraction of sp³-hybridized carbons (Fsp3) is 0.154. The molecule has 0 spiro atoms. The highest BCUT2D eigenvalue weighted by Gasteiger charge is 2.10. The smallest absolute Gasteiger partial charge is 0.257 e. The van der Waals surface area contributed by atoms with Crippen LogP contribution in [0, 0.1) is 6.92 Å². The van der Waals surface area contributed by atoms with Crippen molar-refractivity contribution in [3.05, 3.63) is 46.9 Å². The molecule has 6 heteroatoms. The normalized spacial score (nSPS) is 10.1. The van der Waals surface area contributed by atoms with Gasteiger partial charge in [-0.05, 0) is 25.1 Å². The summed E-state index contributed by atoms with van der Waals surface area (Å²) in [5.74, 6) is 0.268. The van der Waals surface area contributed by atoms with Gasteiger partial charge >= 0.3 is 0 Å². The van der Waals surface area contributed by atoms with Crippen LogP contribution in [0.2, 0.25) is 5.02 Å².